The third-order valence-corrected chi connectivity index (χ3v) is 5.67. The molecule has 0 aliphatic carbocycles. The van der Waals surface area contributed by atoms with Gasteiger partial charge in [-0.1, -0.05) is 37.3 Å². The van der Waals surface area contributed by atoms with Crippen LogP contribution in [0.1, 0.15) is 42.3 Å². The maximum atomic E-state index is 13.2. The predicted molar refractivity (Wildman–Crippen MR) is 127 cm³/mol. The third kappa shape index (κ3) is 7.29. The van der Waals surface area contributed by atoms with Gasteiger partial charge in [-0.05, 0) is 55.5 Å². The van der Waals surface area contributed by atoms with Crippen molar-refractivity contribution in [2.45, 2.75) is 39.8 Å². The molecule has 178 valence electrons. The van der Waals surface area contributed by atoms with Crippen LogP contribution >= 0.6 is 0 Å². The maximum Gasteiger partial charge on any atom is 0.317 e. The van der Waals surface area contributed by atoms with Crippen molar-refractivity contribution in [2.24, 2.45) is 5.92 Å². The van der Waals surface area contributed by atoms with Gasteiger partial charge in [-0.25, -0.2) is 9.18 Å². The van der Waals surface area contributed by atoms with Crippen molar-refractivity contribution in [3.05, 3.63) is 71.0 Å². The summed E-state index contributed by atoms with van der Waals surface area (Å²) in [5, 5.41) is 2.90. The Hall–Kier alpha value is -2.93. The van der Waals surface area contributed by atoms with Crippen LogP contribution < -0.4 is 5.32 Å². The van der Waals surface area contributed by atoms with E-state index in [2.05, 4.69) is 12.2 Å². The second-order valence-electron chi connectivity index (χ2n) is 8.99. The van der Waals surface area contributed by atoms with E-state index in [1.165, 1.54) is 12.1 Å². The lowest BCUT2D eigenvalue weighted by Crippen LogP contribution is -2.54. The highest BCUT2D eigenvalue weighted by molar-refractivity contribution is 5.96. The molecule has 2 aromatic carbocycles. The van der Waals surface area contributed by atoms with E-state index < -0.39 is 0 Å². The Bertz CT molecular complexity index is 925. The van der Waals surface area contributed by atoms with Crippen LogP contribution in [0.2, 0.25) is 0 Å². The highest BCUT2D eigenvalue weighted by atomic mass is 19.1. The molecular weight excluding hydrogens is 421 g/mol. The van der Waals surface area contributed by atoms with E-state index in [1.807, 2.05) is 43.0 Å². The largest absolute Gasteiger partial charge is 0.376 e. The molecule has 1 unspecified atom stereocenters. The van der Waals surface area contributed by atoms with Crippen LogP contribution in [0, 0.1) is 11.7 Å². The number of nitrogens with one attached hydrogen (secondary N) is 1. The Morgan fingerprint density at radius 1 is 0.970 bits per heavy atom. The number of nitrogens with zero attached hydrogens (tertiary/aromatic N) is 2. The fourth-order valence-electron chi connectivity index (χ4n) is 3.92. The molecule has 33 heavy (non-hydrogen) atoms. The number of piperazine rings is 1. The number of hydrogen-bond donors (Lipinski definition) is 1. The molecule has 1 aliphatic heterocycles. The number of carbonyl (C=O) groups excluding carboxylic acids is 2. The lowest BCUT2D eigenvalue weighted by atomic mass is 9.96. The van der Waals surface area contributed by atoms with Gasteiger partial charge in [-0.2, -0.15) is 0 Å². The molecule has 1 heterocycles. The summed E-state index contributed by atoms with van der Waals surface area (Å²) in [7, 11) is 0. The molecule has 0 saturated carbocycles. The van der Waals surface area contributed by atoms with E-state index in [9.17, 15) is 14.0 Å². The number of urea groups is 1. The highest BCUT2D eigenvalue weighted by Crippen LogP contribution is 2.18. The van der Waals surface area contributed by atoms with Crippen molar-refractivity contribution in [1.29, 1.82) is 0 Å². The number of hydrogen-bond acceptors (Lipinski definition) is 3. The van der Waals surface area contributed by atoms with Gasteiger partial charge in [-0.15, -0.1) is 0 Å². The lowest BCUT2D eigenvalue weighted by Gasteiger charge is -2.35. The third-order valence-electron chi connectivity index (χ3n) is 5.67. The van der Waals surface area contributed by atoms with Crippen LogP contribution in [0.15, 0.2) is 48.5 Å². The zero-order chi connectivity index (χ0) is 23.8. The highest BCUT2D eigenvalue weighted by Gasteiger charge is 2.26. The van der Waals surface area contributed by atoms with Crippen LogP contribution in [0.4, 0.5) is 9.18 Å². The second kappa shape index (κ2) is 11.8. The Balaban J connectivity index is 1.52. The van der Waals surface area contributed by atoms with Crippen molar-refractivity contribution in [3.63, 3.8) is 0 Å². The van der Waals surface area contributed by atoms with Gasteiger partial charge < -0.3 is 19.9 Å². The van der Waals surface area contributed by atoms with Crippen LogP contribution in [0.3, 0.4) is 0 Å². The average molecular weight is 456 g/mol. The number of ether oxygens (including phenoxy) is 1. The molecule has 2 aromatic rings. The first-order valence-electron chi connectivity index (χ1n) is 11.6. The minimum atomic E-state index is -0.256. The fourth-order valence-corrected chi connectivity index (χ4v) is 3.92. The molecule has 1 atom stereocenters. The normalized spacial score (nSPS) is 14.9. The van der Waals surface area contributed by atoms with E-state index in [0.29, 0.717) is 45.0 Å². The first-order valence-corrected chi connectivity index (χ1v) is 11.6. The summed E-state index contributed by atoms with van der Waals surface area (Å²) in [5.74, 6) is -0.0291. The molecule has 0 spiro atoms. The molecule has 0 bridgehead atoms. The number of rotatable bonds is 8. The van der Waals surface area contributed by atoms with E-state index in [1.54, 1.807) is 17.0 Å². The molecule has 1 aliphatic rings. The molecule has 0 aromatic heterocycles. The predicted octanol–water partition coefficient (Wildman–Crippen LogP) is 4.10. The molecule has 7 heteroatoms. The van der Waals surface area contributed by atoms with Gasteiger partial charge in [-0.3, -0.25) is 4.79 Å². The minimum absolute atomic E-state index is 0.00829. The monoisotopic (exact) mass is 455 g/mol. The summed E-state index contributed by atoms with van der Waals surface area (Å²) in [6, 6.07) is 14.0. The van der Waals surface area contributed by atoms with E-state index in [-0.39, 0.29) is 29.7 Å². The van der Waals surface area contributed by atoms with E-state index in [0.717, 1.165) is 17.5 Å². The Morgan fingerprint density at radius 3 is 2.27 bits per heavy atom. The Kier molecular flexibility index (Phi) is 8.83. The van der Waals surface area contributed by atoms with Crippen molar-refractivity contribution in [1.82, 2.24) is 15.1 Å². The summed E-state index contributed by atoms with van der Waals surface area (Å²) in [6.07, 6.45) is 0.724. The second-order valence-corrected chi connectivity index (χ2v) is 8.99. The van der Waals surface area contributed by atoms with Crippen molar-refractivity contribution in [2.75, 3.05) is 32.8 Å². The van der Waals surface area contributed by atoms with Gasteiger partial charge in [0.2, 0.25) is 0 Å². The van der Waals surface area contributed by atoms with Crippen molar-refractivity contribution >= 4 is 11.9 Å². The molecule has 3 rings (SSSR count). The SMILES string of the molecule is CC(COCc1ccc(F)cc1)Cc1ccccc1C(=O)N1CCN(C(=O)NC(C)C)CC1. The minimum Gasteiger partial charge on any atom is -0.376 e. The van der Waals surface area contributed by atoms with Gasteiger partial charge in [0, 0.05) is 44.4 Å². The van der Waals surface area contributed by atoms with E-state index in [4.69, 9.17) is 4.74 Å². The molecule has 6 nitrogen and oxygen atoms in total. The Labute approximate surface area is 195 Å². The first kappa shape index (κ1) is 24.7. The van der Waals surface area contributed by atoms with Crippen molar-refractivity contribution < 1.29 is 18.7 Å². The summed E-state index contributed by atoms with van der Waals surface area (Å²) in [4.78, 5) is 29.0. The zero-order valence-corrected chi connectivity index (χ0v) is 19.7. The lowest BCUT2D eigenvalue weighted by molar-refractivity contribution is 0.0661. The zero-order valence-electron chi connectivity index (χ0n) is 19.7. The summed E-state index contributed by atoms with van der Waals surface area (Å²) >= 11 is 0. The number of carbonyl (C=O) groups is 2. The van der Waals surface area contributed by atoms with Gasteiger partial charge in [0.15, 0.2) is 0 Å². The molecule has 1 saturated heterocycles. The van der Waals surface area contributed by atoms with Crippen LogP contribution in [0.5, 0.6) is 0 Å². The van der Waals surface area contributed by atoms with Gasteiger partial charge in [0.05, 0.1) is 6.61 Å². The summed E-state index contributed by atoms with van der Waals surface area (Å²) < 4.78 is 18.8. The fraction of sp³-hybridized carbons (Fsp3) is 0.462. The molecule has 1 N–H and O–H groups in total. The summed E-state index contributed by atoms with van der Waals surface area (Å²) in [6.45, 7) is 9.04. The molecular formula is C26H34FN3O3. The molecule has 1 fully saturated rings. The van der Waals surface area contributed by atoms with Gasteiger partial charge >= 0.3 is 6.03 Å². The quantitative estimate of drug-likeness (QED) is 0.652. The number of amides is 3. The average Bonchev–Trinajstić information content (AvgIpc) is 2.80. The number of halogens is 1. The van der Waals surface area contributed by atoms with Gasteiger partial charge in [0.1, 0.15) is 5.82 Å². The van der Waals surface area contributed by atoms with Crippen molar-refractivity contribution in [3.8, 4) is 0 Å². The van der Waals surface area contributed by atoms with Crippen LogP contribution in [-0.2, 0) is 17.8 Å². The smallest absolute Gasteiger partial charge is 0.317 e. The van der Waals surface area contributed by atoms with Crippen LogP contribution in [-0.4, -0.2) is 60.6 Å². The van der Waals surface area contributed by atoms with Crippen LogP contribution in [0.25, 0.3) is 0 Å². The number of benzene rings is 2. The standard InChI is InChI=1S/C26H34FN3O3/c1-19(2)28-26(32)30-14-12-29(13-15-30)25(31)24-7-5-4-6-22(24)16-20(3)17-33-18-21-8-10-23(27)11-9-21/h4-11,19-20H,12-18H2,1-3H3,(H,28,32). The topological polar surface area (TPSA) is 61.9 Å². The molecule has 3 amide bonds. The van der Waals surface area contributed by atoms with Gasteiger partial charge in [0.25, 0.3) is 5.91 Å². The Morgan fingerprint density at radius 2 is 1.61 bits per heavy atom. The maximum absolute atomic E-state index is 13.2. The molecule has 0 radical (unpaired) electrons. The first-order chi connectivity index (χ1) is 15.8. The van der Waals surface area contributed by atoms with E-state index >= 15 is 0 Å². The summed E-state index contributed by atoms with van der Waals surface area (Å²) in [5.41, 5.74) is 2.64.